The number of carbonyl (C=O) groups excluding carboxylic acids is 2. The number of nitrogens with zero attached hydrogens (tertiary/aromatic N) is 1. The van der Waals surface area contributed by atoms with E-state index >= 15 is 0 Å². The SMILES string of the molecule is CCC1C(=O)NC(=O)CN1Cc1ccc(OC)c(N)c1. The minimum absolute atomic E-state index is 0.218. The van der Waals surface area contributed by atoms with E-state index < -0.39 is 0 Å². The molecule has 1 unspecified atom stereocenters. The van der Waals surface area contributed by atoms with E-state index in [2.05, 4.69) is 5.32 Å². The van der Waals surface area contributed by atoms with Crippen molar-refractivity contribution in [2.45, 2.75) is 25.9 Å². The summed E-state index contributed by atoms with van der Waals surface area (Å²) < 4.78 is 5.11. The highest BCUT2D eigenvalue weighted by atomic mass is 16.5. The van der Waals surface area contributed by atoms with Gasteiger partial charge in [0.15, 0.2) is 0 Å². The molecule has 0 aliphatic carbocycles. The monoisotopic (exact) mass is 277 g/mol. The molecule has 2 rings (SSSR count). The summed E-state index contributed by atoms with van der Waals surface area (Å²) in [5.41, 5.74) is 7.36. The number of nitrogens with two attached hydrogens (primary N) is 1. The molecule has 1 aromatic rings. The number of methoxy groups -OCH3 is 1. The van der Waals surface area contributed by atoms with Gasteiger partial charge in [-0.3, -0.25) is 19.8 Å². The van der Waals surface area contributed by atoms with Crippen LogP contribution in [0.15, 0.2) is 18.2 Å². The first-order valence-electron chi connectivity index (χ1n) is 6.55. The Morgan fingerprint density at radius 3 is 2.80 bits per heavy atom. The third-order valence-corrected chi connectivity index (χ3v) is 3.42. The van der Waals surface area contributed by atoms with Crippen LogP contribution < -0.4 is 15.8 Å². The molecule has 20 heavy (non-hydrogen) atoms. The standard InChI is InChI=1S/C14H19N3O3/c1-3-11-14(19)16-13(18)8-17(11)7-9-4-5-12(20-2)10(15)6-9/h4-6,11H,3,7-8,15H2,1-2H3,(H,16,18,19). The molecule has 3 N–H and O–H groups in total. The summed E-state index contributed by atoms with van der Waals surface area (Å²) in [6.45, 7) is 2.65. The van der Waals surface area contributed by atoms with Crippen LogP contribution in [0.2, 0.25) is 0 Å². The molecular formula is C14H19N3O3. The first-order valence-corrected chi connectivity index (χ1v) is 6.55. The first kappa shape index (κ1) is 14.3. The Kier molecular flexibility index (Phi) is 4.24. The summed E-state index contributed by atoms with van der Waals surface area (Å²) in [6.07, 6.45) is 0.657. The highest BCUT2D eigenvalue weighted by Gasteiger charge is 2.32. The number of benzene rings is 1. The number of anilines is 1. The predicted molar refractivity (Wildman–Crippen MR) is 75.0 cm³/mol. The van der Waals surface area contributed by atoms with Crippen molar-refractivity contribution in [2.75, 3.05) is 19.4 Å². The normalized spacial score (nSPS) is 19.8. The van der Waals surface area contributed by atoms with Gasteiger partial charge in [-0.1, -0.05) is 13.0 Å². The number of hydrogen-bond acceptors (Lipinski definition) is 5. The summed E-state index contributed by atoms with van der Waals surface area (Å²) in [5.74, 6) is 0.125. The van der Waals surface area contributed by atoms with Gasteiger partial charge in [-0.2, -0.15) is 0 Å². The molecule has 0 spiro atoms. The summed E-state index contributed by atoms with van der Waals surface area (Å²) >= 11 is 0. The summed E-state index contributed by atoms with van der Waals surface area (Å²) in [5, 5.41) is 2.36. The van der Waals surface area contributed by atoms with E-state index in [1.54, 1.807) is 13.2 Å². The Balaban J connectivity index is 2.16. The fraction of sp³-hybridized carbons (Fsp3) is 0.429. The second kappa shape index (κ2) is 5.92. The van der Waals surface area contributed by atoms with Gasteiger partial charge < -0.3 is 10.5 Å². The van der Waals surface area contributed by atoms with Crippen molar-refractivity contribution in [3.63, 3.8) is 0 Å². The van der Waals surface area contributed by atoms with Crippen molar-refractivity contribution < 1.29 is 14.3 Å². The maximum atomic E-state index is 11.8. The summed E-state index contributed by atoms with van der Waals surface area (Å²) in [4.78, 5) is 25.1. The Hall–Kier alpha value is -2.08. The lowest BCUT2D eigenvalue weighted by atomic mass is 10.1. The van der Waals surface area contributed by atoms with Crippen LogP contribution in [0.5, 0.6) is 5.75 Å². The largest absolute Gasteiger partial charge is 0.495 e. The van der Waals surface area contributed by atoms with Crippen LogP contribution in [-0.2, 0) is 16.1 Å². The van der Waals surface area contributed by atoms with Gasteiger partial charge in [0.1, 0.15) is 5.75 Å². The molecule has 1 aliphatic heterocycles. The van der Waals surface area contributed by atoms with E-state index in [1.807, 2.05) is 24.0 Å². The minimum atomic E-state index is -0.281. The van der Waals surface area contributed by atoms with Crippen LogP contribution in [0.1, 0.15) is 18.9 Å². The number of piperazine rings is 1. The highest BCUT2D eigenvalue weighted by molar-refractivity contribution is 6.01. The topological polar surface area (TPSA) is 84.7 Å². The molecule has 1 aliphatic rings. The van der Waals surface area contributed by atoms with E-state index in [0.29, 0.717) is 24.4 Å². The van der Waals surface area contributed by atoms with Crippen LogP contribution in [-0.4, -0.2) is 36.4 Å². The highest BCUT2D eigenvalue weighted by Crippen LogP contribution is 2.23. The van der Waals surface area contributed by atoms with Crippen molar-refractivity contribution in [3.8, 4) is 5.75 Å². The molecule has 1 atom stereocenters. The van der Waals surface area contributed by atoms with Crippen molar-refractivity contribution in [3.05, 3.63) is 23.8 Å². The third kappa shape index (κ3) is 2.91. The summed E-state index contributed by atoms with van der Waals surface area (Å²) in [7, 11) is 1.56. The second-order valence-electron chi connectivity index (χ2n) is 4.82. The zero-order valence-corrected chi connectivity index (χ0v) is 11.7. The Morgan fingerprint density at radius 2 is 2.20 bits per heavy atom. The molecule has 6 heteroatoms. The van der Waals surface area contributed by atoms with Crippen molar-refractivity contribution >= 4 is 17.5 Å². The molecule has 2 amide bonds. The smallest absolute Gasteiger partial charge is 0.243 e. The molecule has 0 radical (unpaired) electrons. The van der Waals surface area contributed by atoms with Crippen LogP contribution in [0, 0.1) is 0 Å². The zero-order chi connectivity index (χ0) is 14.7. The van der Waals surface area contributed by atoms with Gasteiger partial charge in [0, 0.05) is 6.54 Å². The fourth-order valence-corrected chi connectivity index (χ4v) is 2.45. The molecule has 0 saturated carbocycles. The van der Waals surface area contributed by atoms with Gasteiger partial charge in [-0.15, -0.1) is 0 Å². The van der Waals surface area contributed by atoms with E-state index in [4.69, 9.17) is 10.5 Å². The van der Waals surface area contributed by atoms with Gasteiger partial charge >= 0.3 is 0 Å². The molecule has 0 aromatic heterocycles. The predicted octanol–water partition coefficient (Wildman–Crippen LogP) is 0.514. The van der Waals surface area contributed by atoms with Gasteiger partial charge in [0.05, 0.1) is 25.4 Å². The number of rotatable bonds is 4. The Morgan fingerprint density at radius 1 is 1.45 bits per heavy atom. The number of carbonyl (C=O) groups is 2. The van der Waals surface area contributed by atoms with Crippen LogP contribution in [0.3, 0.4) is 0 Å². The van der Waals surface area contributed by atoms with E-state index in [1.165, 1.54) is 0 Å². The van der Waals surface area contributed by atoms with Crippen molar-refractivity contribution in [1.29, 1.82) is 0 Å². The lowest BCUT2D eigenvalue weighted by Gasteiger charge is -2.33. The quantitative estimate of drug-likeness (QED) is 0.619. The number of amides is 2. The van der Waals surface area contributed by atoms with Gasteiger partial charge in [0.25, 0.3) is 0 Å². The number of nitrogen functional groups attached to an aromatic ring is 1. The van der Waals surface area contributed by atoms with Crippen LogP contribution in [0.25, 0.3) is 0 Å². The third-order valence-electron chi connectivity index (χ3n) is 3.42. The maximum Gasteiger partial charge on any atom is 0.243 e. The Labute approximate surface area is 117 Å². The van der Waals surface area contributed by atoms with E-state index in [0.717, 1.165) is 5.56 Å². The summed E-state index contributed by atoms with van der Waals surface area (Å²) in [6, 6.07) is 5.20. The number of nitrogens with one attached hydrogen (secondary N) is 1. The number of hydrogen-bond donors (Lipinski definition) is 2. The van der Waals surface area contributed by atoms with Crippen molar-refractivity contribution in [1.82, 2.24) is 10.2 Å². The maximum absolute atomic E-state index is 11.8. The van der Waals surface area contributed by atoms with E-state index in [9.17, 15) is 9.59 Å². The lowest BCUT2D eigenvalue weighted by Crippen LogP contribution is -2.57. The average Bonchev–Trinajstić information content (AvgIpc) is 2.38. The molecule has 1 aromatic carbocycles. The molecule has 1 fully saturated rings. The minimum Gasteiger partial charge on any atom is -0.495 e. The van der Waals surface area contributed by atoms with Crippen LogP contribution >= 0.6 is 0 Å². The molecule has 1 heterocycles. The average molecular weight is 277 g/mol. The molecule has 0 bridgehead atoms. The van der Waals surface area contributed by atoms with E-state index in [-0.39, 0.29) is 24.4 Å². The molecular weight excluding hydrogens is 258 g/mol. The number of ether oxygens (including phenoxy) is 1. The number of imide groups is 1. The zero-order valence-electron chi connectivity index (χ0n) is 11.7. The molecule has 1 saturated heterocycles. The molecule has 6 nitrogen and oxygen atoms in total. The first-order chi connectivity index (χ1) is 9.55. The Bertz CT molecular complexity index is 530. The molecule has 108 valence electrons. The second-order valence-corrected chi connectivity index (χ2v) is 4.82. The fourth-order valence-electron chi connectivity index (χ4n) is 2.45. The van der Waals surface area contributed by atoms with Gasteiger partial charge in [0.2, 0.25) is 11.8 Å². The van der Waals surface area contributed by atoms with Crippen LogP contribution in [0.4, 0.5) is 5.69 Å². The lowest BCUT2D eigenvalue weighted by molar-refractivity contribution is -0.140. The van der Waals surface area contributed by atoms with Gasteiger partial charge in [-0.05, 0) is 24.1 Å². The van der Waals surface area contributed by atoms with Crippen molar-refractivity contribution in [2.24, 2.45) is 0 Å². The van der Waals surface area contributed by atoms with Gasteiger partial charge in [-0.25, -0.2) is 0 Å².